The molecule has 0 heterocycles. The van der Waals surface area contributed by atoms with E-state index >= 15 is 0 Å². The van der Waals surface area contributed by atoms with Crippen LogP contribution in [0.2, 0.25) is 5.02 Å². The quantitative estimate of drug-likeness (QED) is 0.873. The van der Waals surface area contributed by atoms with Crippen molar-refractivity contribution >= 4 is 11.6 Å². The summed E-state index contributed by atoms with van der Waals surface area (Å²) in [5.74, 6) is 0.706. The van der Waals surface area contributed by atoms with Gasteiger partial charge >= 0.3 is 0 Å². The summed E-state index contributed by atoms with van der Waals surface area (Å²) in [5, 5.41) is 21.4. The summed E-state index contributed by atoms with van der Waals surface area (Å²) in [5.41, 5.74) is -0.608. The van der Waals surface area contributed by atoms with Crippen molar-refractivity contribution in [1.29, 1.82) is 5.26 Å². The van der Waals surface area contributed by atoms with E-state index in [1.165, 1.54) is 6.42 Å². The zero-order valence-electron chi connectivity index (χ0n) is 12.9. The third kappa shape index (κ3) is 3.42. The fourth-order valence-electron chi connectivity index (χ4n) is 3.52. The lowest BCUT2D eigenvalue weighted by Crippen LogP contribution is -2.48. The van der Waals surface area contributed by atoms with Crippen molar-refractivity contribution in [1.82, 2.24) is 0 Å². The standard InChI is InChI=1S/C18H24ClNO/c1-3-14-8-10-18(13-20,11-9-14)17(2,21)12-15-4-6-16(19)7-5-15/h4-7,14,21H,3,8-12H2,1-2H3. The Morgan fingerprint density at radius 2 is 1.90 bits per heavy atom. The Bertz CT molecular complexity index is 507. The summed E-state index contributed by atoms with van der Waals surface area (Å²) in [4.78, 5) is 0. The van der Waals surface area contributed by atoms with Crippen LogP contribution in [0.25, 0.3) is 0 Å². The molecule has 0 bridgehead atoms. The van der Waals surface area contributed by atoms with Crippen LogP contribution in [0.4, 0.5) is 0 Å². The van der Waals surface area contributed by atoms with Crippen molar-refractivity contribution in [2.45, 2.75) is 58.0 Å². The molecule has 1 aliphatic rings. The number of nitrogens with zero attached hydrogens (tertiary/aromatic N) is 1. The molecule has 2 nitrogen and oxygen atoms in total. The summed E-state index contributed by atoms with van der Waals surface area (Å²) < 4.78 is 0. The molecule has 2 rings (SSSR count). The van der Waals surface area contributed by atoms with Crippen molar-refractivity contribution < 1.29 is 5.11 Å². The first-order valence-corrected chi connectivity index (χ1v) is 8.18. The molecular formula is C18H24ClNO. The van der Waals surface area contributed by atoms with E-state index in [2.05, 4.69) is 13.0 Å². The predicted molar refractivity (Wildman–Crippen MR) is 86.1 cm³/mol. The molecule has 0 aromatic heterocycles. The van der Waals surface area contributed by atoms with Crippen molar-refractivity contribution in [3.8, 4) is 6.07 Å². The van der Waals surface area contributed by atoms with Gasteiger partial charge in [0.15, 0.2) is 0 Å². The second-order valence-electron chi connectivity index (χ2n) is 6.62. The van der Waals surface area contributed by atoms with Crippen LogP contribution in [0.3, 0.4) is 0 Å². The molecule has 1 saturated carbocycles. The Hall–Kier alpha value is -1.04. The maximum absolute atomic E-state index is 11.0. The van der Waals surface area contributed by atoms with E-state index in [0.717, 1.165) is 31.2 Å². The van der Waals surface area contributed by atoms with Crippen LogP contribution in [0, 0.1) is 22.7 Å². The molecule has 0 saturated heterocycles. The molecule has 0 amide bonds. The summed E-state index contributed by atoms with van der Waals surface area (Å²) in [7, 11) is 0. The minimum absolute atomic E-state index is 0.495. The van der Waals surface area contributed by atoms with E-state index in [1.54, 1.807) is 0 Å². The SMILES string of the molecule is CCC1CCC(C#N)(C(C)(O)Cc2ccc(Cl)cc2)CC1. The fraction of sp³-hybridized carbons (Fsp3) is 0.611. The molecular weight excluding hydrogens is 282 g/mol. The first kappa shape index (κ1) is 16.3. The van der Waals surface area contributed by atoms with Gasteiger partial charge in [-0.1, -0.05) is 37.1 Å². The molecule has 0 radical (unpaired) electrons. The van der Waals surface area contributed by atoms with Gasteiger partial charge in [0.25, 0.3) is 0 Å². The maximum atomic E-state index is 11.0. The Labute approximate surface area is 132 Å². The van der Waals surface area contributed by atoms with Crippen LogP contribution in [0.15, 0.2) is 24.3 Å². The van der Waals surface area contributed by atoms with E-state index in [-0.39, 0.29) is 0 Å². The average Bonchev–Trinajstić information content (AvgIpc) is 2.49. The van der Waals surface area contributed by atoms with E-state index in [0.29, 0.717) is 17.4 Å². The van der Waals surface area contributed by atoms with Gasteiger partial charge in [-0.05, 0) is 56.2 Å². The van der Waals surface area contributed by atoms with Crippen LogP contribution >= 0.6 is 11.6 Å². The smallest absolute Gasteiger partial charge is 0.0861 e. The molecule has 1 N–H and O–H groups in total. The van der Waals surface area contributed by atoms with Gasteiger partial charge in [0.1, 0.15) is 0 Å². The third-order valence-electron chi connectivity index (χ3n) is 5.24. The van der Waals surface area contributed by atoms with Crippen LogP contribution in [-0.2, 0) is 6.42 Å². The van der Waals surface area contributed by atoms with Crippen molar-refractivity contribution in [2.75, 3.05) is 0 Å². The third-order valence-corrected chi connectivity index (χ3v) is 5.49. The van der Waals surface area contributed by atoms with Gasteiger partial charge in [0, 0.05) is 11.4 Å². The molecule has 114 valence electrons. The molecule has 1 aromatic carbocycles. The first-order valence-electron chi connectivity index (χ1n) is 7.80. The number of nitriles is 1. The molecule has 1 atom stereocenters. The Morgan fingerprint density at radius 1 is 1.33 bits per heavy atom. The zero-order valence-corrected chi connectivity index (χ0v) is 13.7. The van der Waals surface area contributed by atoms with Gasteiger partial charge in [0.2, 0.25) is 0 Å². The molecule has 1 unspecified atom stereocenters. The van der Waals surface area contributed by atoms with Crippen LogP contribution in [-0.4, -0.2) is 10.7 Å². The number of hydrogen-bond donors (Lipinski definition) is 1. The minimum Gasteiger partial charge on any atom is -0.388 e. The topological polar surface area (TPSA) is 44.0 Å². The van der Waals surface area contributed by atoms with Gasteiger partial charge in [-0.3, -0.25) is 0 Å². The van der Waals surface area contributed by atoms with E-state index in [9.17, 15) is 10.4 Å². The molecule has 1 aromatic rings. The molecule has 21 heavy (non-hydrogen) atoms. The predicted octanol–water partition coefficient (Wildman–Crippen LogP) is 4.74. The maximum Gasteiger partial charge on any atom is 0.0861 e. The van der Waals surface area contributed by atoms with Gasteiger partial charge in [-0.25, -0.2) is 0 Å². The molecule has 0 aliphatic heterocycles. The number of aliphatic hydroxyl groups is 1. The fourth-order valence-corrected chi connectivity index (χ4v) is 3.64. The summed E-state index contributed by atoms with van der Waals surface area (Å²) in [6.45, 7) is 4.02. The lowest BCUT2D eigenvalue weighted by molar-refractivity contribution is -0.0633. The van der Waals surface area contributed by atoms with Crippen LogP contribution < -0.4 is 0 Å². The second-order valence-corrected chi connectivity index (χ2v) is 7.06. The highest BCUT2D eigenvalue weighted by Gasteiger charge is 2.49. The van der Waals surface area contributed by atoms with Crippen LogP contribution in [0.5, 0.6) is 0 Å². The average molecular weight is 306 g/mol. The summed E-state index contributed by atoms with van der Waals surface area (Å²) >= 11 is 5.90. The highest BCUT2D eigenvalue weighted by Crippen LogP contribution is 2.48. The summed E-state index contributed by atoms with van der Waals surface area (Å²) in [6, 6.07) is 9.98. The molecule has 0 spiro atoms. The largest absolute Gasteiger partial charge is 0.388 e. The monoisotopic (exact) mass is 305 g/mol. The van der Waals surface area contributed by atoms with E-state index in [1.807, 2.05) is 31.2 Å². The Balaban J connectivity index is 2.16. The first-order chi connectivity index (χ1) is 9.92. The lowest BCUT2D eigenvalue weighted by atomic mass is 9.61. The van der Waals surface area contributed by atoms with Crippen molar-refractivity contribution in [3.63, 3.8) is 0 Å². The van der Waals surface area contributed by atoms with Crippen LogP contribution in [0.1, 0.15) is 51.5 Å². The Kier molecular flexibility index (Phi) is 4.96. The normalized spacial score (nSPS) is 28.6. The van der Waals surface area contributed by atoms with Gasteiger partial charge in [0.05, 0.1) is 17.1 Å². The molecule has 1 fully saturated rings. The number of halogens is 1. The summed E-state index contributed by atoms with van der Waals surface area (Å²) in [6.07, 6.45) is 5.34. The number of hydrogen-bond acceptors (Lipinski definition) is 2. The zero-order chi connectivity index (χ0) is 15.5. The van der Waals surface area contributed by atoms with E-state index < -0.39 is 11.0 Å². The number of benzene rings is 1. The Morgan fingerprint density at radius 3 is 2.38 bits per heavy atom. The van der Waals surface area contributed by atoms with E-state index in [4.69, 9.17) is 11.6 Å². The van der Waals surface area contributed by atoms with Crippen molar-refractivity contribution in [2.24, 2.45) is 11.3 Å². The van der Waals surface area contributed by atoms with Gasteiger partial charge < -0.3 is 5.11 Å². The minimum atomic E-state index is -1.01. The molecule has 3 heteroatoms. The second kappa shape index (κ2) is 6.38. The highest BCUT2D eigenvalue weighted by atomic mass is 35.5. The molecule has 1 aliphatic carbocycles. The van der Waals surface area contributed by atoms with Gasteiger partial charge in [-0.15, -0.1) is 0 Å². The van der Waals surface area contributed by atoms with Crippen molar-refractivity contribution in [3.05, 3.63) is 34.9 Å². The highest BCUT2D eigenvalue weighted by molar-refractivity contribution is 6.30. The number of rotatable bonds is 4. The lowest BCUT2D eigenvalue weighted by Gasteiger charge is -2.44. The van der Waals surface area contributed by atoms with Gasteiger partial charge in [-0.2, -0.15) is 5.26 Å².